The van der Waals surface area contributed by atoms with Crippen molar-refractivity contribution in [1.82, 2.24) is 10.2 Å². The monoisotopic (exact) mass is 258 g/mol. The van der Waals surface area contributed by atoms with Crippen molar-refractivity contribution in [2.75, 3.05) is 26.7 Å². The van der Waals surface area contributed by atoms with E-state index in [1.54, 1.807) is 11.9 Å². The molecule has 1 amide bonds. The average molecular weight is 258 g/mol. The van der Waals surface area contributed by atoms with Gasteiger partial charge in [0, 0.05) is 20.1 Å². The Labute approximate surface area is 110 Å². The minimum absolute atomic E-state index is 0.0243. The smallest absolute Gasteiger partial charge is 0.410 e. The Kier molecular flexibility index (Phi) is 4.61. The Morgan fingerprint density at radius 2 is 1.94 bits per heavy atom. The van der Waals surface area contributed by atoms with Gasteiger partial charge < -0.3 is 19.7 Å². The molecule has 5 heteroatoms. The van der Waals surface area contributed by atoms with Crippen LogP contribution < -0.4 is 5.32 Å². The molecule has 1 heterocycles. The maximum Gasteiger partial charge on any atom is 0.410 e. The molecule has 0 aliphatic carbocycles. The van der Waals surface area contributed by atoms with Crippen molar-refractivity contribution in [3.63, 3.8) is 0 Å². The van der Waals surface area contributed by atoms with Crippen molar-refractivity contribution in [2.24, 2.45) is 0 Å². The molecule has 5 nitrogen and oxygen atoms in total. The number of carbonyl (C=O) groups excluding carboxylic acids is 1. The fraction of sp³-hybridized carbons (Fsp3) is 0.923. The van der Waals surface area contributed by atoms with Crippen LogP contribution in [0, 0.1) is 0 Å². The summed E-state index contributed by atoms with van der Waals surface area (Å²) in [6.45, 7) is 11.9. The summed E-state index contributed by atoms with van der Waals surface area (Å²) in [5.41, 5.74) is -0.886. The van der Waals surface area contributed by atoms with Crippen LogP contribution >= 0.6 is 0 Å². The van der Waals surface area contributed by atoms with Crippen LogP contribution in [0.4, 0.5) is 4.79 Å². The van der Waals surface area contributed by atoms with Crippen molar-refractivity contribution in [3.8, 4) is 0 Å². The lowest BCUT2D eigenvalue weighted by atomic mass is 9.94. The van der Waals surface area contributed by atoms with Crippen molar-refractivity contribution < 1.29 is 14.3 Å². The number of rotatable bonds is 2. The first-order valence-corrected chi connectivity index (χ1v) is 6.44. The summed E-state index contributed by atoms with van der Waals surface area (Å²) < 4.78 is 11.1. The van der Waals surface area contributed by atoms with Gasteiger partial charge in [-0.2, -0.15) is 0 Å². The van der Waals surface area contributed by atoms with Gasteiger partial charge in [0.05, 0.1) is 18.2 Å². The predicted octanol–water partition coefficient (Wildman–Crippen LogP) is 1.62. The number of amides is 1. The highest BCUT2D eigenvalue weighted by atomic mass is 16.6. The van der Waals surface area contributed by atoms with Crippen LogP contribution in [0.5, 0.6) is 0 Å². The van der Waals surface area contributed by atoms with Gasteiger partial charge in [-0.15, -0.1) is 0 Å². The number of hydrogen-bond acceptors (Lipinski definition) is 4. The van der Waals surface area contributed by atoms with E-state index in [2.05, 4.69) is 5.32 Å². The average Bonchev–Trinajstić information content (AvgIpc) is 2.27. The SMILES string of the molecule is CN(C(=O)OC(C)(C)C)C(C)(C)C1CNCCO1. The number of morpholine rings is 1. The van der Waals surface area contributed by atoms with Crippen LogP contribution in [-0.2, 0) is 9.47 Å². The topological polar surface area (TPSA) is 50.8 Å². The zero-order valence-electron chi connectivity index (χ0n) is 12.4. The van der Waals surface area contributed by atoms with E-state index in [1.165, 1.54) is 0 Å². The van der Waals surface area contributed by atoms with Gasteiger partial charge in [0.2, 0.25) is 0 Å². The van der Waals surface area contributed by atoms with E-state index in [0.717, 1.165) is 13.1 Å². The van der Waals surface area contributed by atoms with Crippen molar-refractivity contribution >= 4 is 6.09 Å². The first kappa shape index (κ1) is 15.2. The van der Waals surface area contributed by atoms with Gasteiger partial charge in [0.1, 0.15) is 5.60 Å². The third kappa shape index (κ3) is 3.85. The third-order valence-corrected chi connectivity index (χ3v) is 3.25. The molecule has 1 saturated heterocycles. The molecule has 1 atom stereocenters. The number of nitrogens with one attached hydrogen (secondary N) is 1. The number of ether oxygens (including phenoxy) is 2. The molecule has 0 bridgehead atoms. The van der Waals surface area contributed by atoms with Crippen LogP contribution in [0.2, 0.25) is 0 Å². The van der Waals surface area contributed by atoms with Gasteiger partial charge in [0.25, 0.3) is 0 Å². The summed E-state index contributed by atoms with van der Waals surface area (Å²) >= 11 is 0. The standard InChI is InChI=1S/C13H26N2O3/c1-12(2,3)18-11(16)15(6)13(4,5)10-9-14-7-8-17-10/h10,14H,7-9H2,1-6H3. The van der Waals surface area contributed by atoms with Crippen molar-refractivity contribution in [2.45, 2.75) is 51.9 Å². The first-order valence-electron chi connectivity index (χ1n) is 6.44. The molecule has 0 spiro atoms. The molecule has 0 saturated carbocycles. The maximum atomic E-state index is 12.1. The Morgan fingerprint density at radius 1 is 1.33 bits per heavy atom. The van der Waals surface area contributed by atoms with Crippen LogP contribution in [-0.4, -0.2) is 55.0 Å². The van der Waals surface area contributed by atoms with Gasteiger partial charge in [-0.1, -0.05) is 0 Å². The number of hydrogen-bond donors (Lipinski definition) is 1. The summed E-state index contributed by atoms with van der Waals surface area (Å²) in [4.78, 5) is 13.7. The first-order chi connectivity index (χ1) is 8.14. The second kappa shape index (κ2) is 5.45. The van der Waals surface area contributed by atoms with E-state index in [4.69, 9.17) is 9.47 Å². The lowest BCUT2D eigenvalue weighted by Gasteiger charge is -2.43. The number of nitrogens with zero attached hydrogens (tertiary/aromatic N) is 1. The quantitative estimate of drug-likeness (QED) is 0.817. The van der Waals surface area contributed by atoms with Crippen molar-refractivity contribution in [1.29, 1.82) is 0 Å². The lowest BCUT2D eigenvalue weighted by Crippen LogP contribution is -2.59. The molecule has 0 radical (unpaired) electrons. The molecule has 1 aliphatic rings. The molecule has 1 aliphatic heterocycles. The maximum absolute atomic E-state index is 12.1. The summed E-state index contributed by atoms with van der Waals surface area (Å²) in [6.07, 6.45) is -0.342. The molecule has 0 aromatic heterocycles. The summed E-state index contributed by atoms with van der Waals surface area (Å²) in [7, 11) is 1.76. The third-order valence-electron chi connectivity index (χ3n) is 3.25. The number of likely N-dealkylation sites (N-methyl/N-ethyl adjacent to an activating group) is 1. The normalized spacial score (nSPS) is 21.6. The molecular weight excluding hydrogens is 232 g/mol. The molecule has 1 unspecified atom stereocenters. The Morgan fingerprint density at radius 3 is 2.39 bits per heavy atom. The molecular formula is C13H26N2O3. The molecule has 1 rings (SSSR count). The Balaban J connectivity index is 2.67. The second-order valence-corrected chi connectivity index (χ2v) is 6.26. The van der Waals surface area contributed by atoms with Gasteiger partial charge in [-0.05, 0) is 34.6 Å². The highest BCUT2D eigenvalue weighted by Crippen LogP contribution is 2.23. The highest BCUT2D eigenvalue weighted by molar-refractivity contribution is 5.68. The highest BCUT2D eigenvalue weighted by Gasteiger charge is 2.39. The van der Waals surface area contributed by atoms with E-state index >= 15 is 0 Å². The minimum atomic E-state index is -0.479. The second-order valence-electron chi connectivity index (χ2n) is 6.26. The minimum Gasteiger partial charge on any atom is -0.444 e. The van der Waals surface area contributed by atoms with Crippen LogP contribution in [0.25, 0.3) is 0 Å². The van der Waals surface area contributed by atoms with E-state index in [0.29, 0.717) is 6.61 Å². The summed E-state index contributed by atoms with van der Waals surface area (Å²) in [6, 6.07) is 0. The van der Waals surface area contributed by atoms with Crippen LogP contribution in [0.1, 0.15) is 34.6 Å². The molecule has 1 fully saturated rings. The lowest BCUT2D eigenvalue weighted by molar-refractivity contribution is -0.0682. The Bertz CT molecular complexity index is 291. The zero-order chi connectivity index (χ0) is 14.0. The van der Waals surface area contributed by atoms with E-state index in [1.807, 2.05) is 34.6 Å². The largest absolute Gasteiger partial charge is 0.444 e. The van der Waals surface area contributed by atoms with Gasteiger partial charge >= 0.3 is 6.09 Å². The van der Waals surface area contributed by atoms with E-state index in [-0.39, 0.29) is 12.2 Å². The molecule has 106 valence electrons. The van der Waals surface area contributed by atoms with E-state index < -0.39 is 11.1 Å². The van der Waals surface area contributed by atoms with Crippen LogP contribution in [0.15, 0.2) is 0 Å². The van der Waals surface area contributed by atoms with Gasteiger partial charge in [-0.25, -0.2) is 4.79 Å². The molecule has 1 N–H and O–H groups in total. The van der Waals surface area contributed by atoms with Gasteiger partial charge in [-0.3, -0.25) is 0 Å². The molecule has 0 aromatic rings. The molecule has 0 aromatic carbocycles. The fourth-order valence-corrected chi connectivity index (χ4v) is 1.80. The Hall–Kier alpha value is -0.810. The number of carbonyl (C=O) groups is 1. The summed E-state index contributed by atoms with van der Waals surface area (Å²) in [5, 5.41) is 3.28. The van der Waals surface area contributed by atoms with Gasteiger partial charge in [0.15, 0.2) is 0 Å². The van der Waals surface area contributed by atoms with E-state index in [9.17, 15) is 4.79 Å². The predicted molar refractivity (Wildman–Crippen MR) is 70.7 cm³/mol. The fourth-order valence-electron chi connectivity index (χ4n) is 1.80. The molecule has 18 heavy (non-hydrogen) atoms. The summed E-state index contributed by atoms with van der Waals surface area (Å²) in [5.74, 6) is 0. The van der Waals surface area contributed by atoms with Crippen LogP contribution in [0.3, 0.4) is 0 Å². The zero-order valence-corrected chi connectivity index (χ0v) is 12.4. The van der Waals surface area contributed by atoms with Crippen molar-refractivity contribution in [3.05, 3.63) is 0 Å².